The molecule has 0 aliphatic rings. The van der Waals surface area contributed by atoms with Gasteiger partial charge in [-0.3, -0.25) is 4.79 Å². The van der Waals surface area contributed by atoms with Gasteiger partial charge in [-0.1, -0.05) is 24.4 Å². The minimum atomic E-state index is -0.185. The maximum Gasteiger partial charge on any atom is 0.205 e. The predicted molar refractivity (Wildman–Crippen MR) is 41.6 cm³/mol. The van der Waals surface area contributed by atoms with E-state index < -0.39 is 0 Å². The van der Waals surface area contributed by atoms with Gasteiger partial charge in [-0.25, -0.2) is 0 Å². The van der Waals surface area contributed by atoms with E-state index in [1.165, 1.54) is 0 Å². The van der Waals surface area contributed by atoms with Crippen molar-refractivity contribution in [3.63, 3.8) is 0 Å². The summed E-state index contributed by atoms with van der Waals surface area (Å²) in [5, 5.41) is 0. The minimum Gasteiger partial charge on any atom is -0.287 e. The molecule has 0 aromatic carbocycles. The summed E-state index contributed by atoms with van der Waals surface area (Å²) < 4.78 is 0. The number of Topliss-reactive ketones (excluding diaryl/α,β-unsaturated/α-hetero) is 1. The van der Waals surface area contributed by atoms with Crippen LogP contribution in [0.4, 0.5) is 0 Å². The van der Waals surface area contributed by atoms with Crippen molar-refractivity contribution >= 4 is 39.9 Å². The lowest BCUT2D eigenvalue weighted by molar-refractivity contribution is -0.107. The van der Waals surface area contributed by atoms with Crippen LogP contribution in [-0.2, 0) is 4.79 Å². The van der Waals surface area contributed by atoms with E-state index in [0.29, 0.717) is 9.73 Å². The Bertz CT molecular complexity index is 133. The molecule has 0 unspecified atom stereocenters. The molecule has 0 fully saturated rings. The van der Waals surface area contributed by atoms with Gasteiger partial charge in [0, 0.05) is 0 Å². The maximum absolute atomic E-state index is 10.6. The third-order valence-electron chi connectivity index (χ3n) is 0.640. The van der Waals surface area contributed by atoms with Crippen molar-refractivity contribution in [3.8, 4) is 0 Å². The third-order valence-corrected chi connectivity index (χ3v) is 1.01. The van der Waals surface area contributed by atoms with Crippen molar-refractivity contribution in [2.24, 2.45) is 0 Å². The first kappa shape index (κ1) is 7.85. The van der Waals surface area contributed by atoms with Gasteiger partial charge in [0.25, 0.3) is 0 Å². The second-order valence-corrected chi connectivity index (χ2v) is 2.67. The fraction of sp³-hybridized carbons (Fsp3) is 0.400. The topological polar surface area (TPSA) is 17.1 Å². The van der Waals surface area contributed by atoms with Gasteiger partial charge in [-0.15, -0.1) is 0 Å². The average molecular weight is 146 g/mol. The molecular formula is C5H6OS2. The number of carbonyl (C=O) groups is 1. The van der Waals surface area contributed by atoms with E-state index in [2.05, 4.69) is 24.4 Å². The number of carbonyl (C=O) groups excluding carboxylic acids is 1. The number of hydrogen-bond donors (Lipinski definition) is 0. The summed E-state index contributed by atoms with van der Waals surface area (Å²) in [5.41, 5.74) is 0. The smallest absolute Gasteiger partial charge is 0.205 e. The summed E-state index contributed by atoms with van der Waals surface area (Å²) in [4.78, 5) is 11.3. The zero-order valence-corrected chi connectivity index (χ0v) is 6.36. The second kappa shape index (κ2) is 2.99. The molecule has 8 heavy (non-hydrogen) atoms. The van der Waals surface area contributed by atoms with Gasteiger partial charge in [0.15, 0.2) is 0 Å². The van der Waals surface area contributed by atoms with Crippen molar-refractivity contribution in [2.75, 3.05) is 0 Å². The van der Waals surface area contributed by atoms with Gasteiger partial charge in [0.05, 0.1) is 9.73 Å². The maximum atomic E-state index is 10.6. The lowest BCUT2D eigenvalue weighted by Crippen LogP contribution is -2.14. The summed E-state index contributed by atoms with van der Waals surface area (Å²) in [7, 11) is 0. The summed E-state index contributed by atoms with van der Waals surface area (Å²) in [6, 6.07) is 0. The van der Waals surface area contributed by atoms with E-state index >= 15 is 0 Å². The van der Waals surface area contributed by atoms with E-state index in [-0.39, 0.29) is 5.78 Å². The highest BCUT2D eigenvalue weighted by Crippen LogP contribution is 1.83. The molecule has 44 valence electrons. The number of hydrogen-bond acceptors (Lipinski definition) is 3. The Labute approximate surface area is 59.1 Å². The van der Waals surface area contributed by atoms with Gasteiger partial charge in [0.2, 0.25) is 5.78 Å². The lowest BCUT2D eigenvalue weighted by atomic mass is 10.2. The van der Waals surface area contributed by atoms with E-state index in [9.17, 15) is 4.79 Å². The Balaban J connectivity index is 4.05. The molecule has 0 amide bonds. The normalized spacial score (nSPS) is 8.25. The molecule has 0 N–H and O–H groups in total. The standard InChI is InChI=1S/C5H6OS2/c1-3(7)5(6)4(2)8/h1-2H3. The summed E-state index contributed by atoms with van der Waals surface area (Å²) >= 11 is 9.11. The number of thiocarbonyl (C=S) groups is 2. The van der Waals surface area contributed by atoms with Crippen LogP contribution in [0, 0.1) is 0 Å². The van der Waals surface area contributed by atoms with Crippen LogP contribution in [0.2, 0.25) is 0 Å². The van der Waals surface area contributed by atoms with E-state index in [0.717, 1.165) is 0 Å². The molecule has 3 heteroatoms. The second-order valence-electron chi connectivity index (χ2n) is 1.44. The largest absolute Gasteiger partial charge is 0.287 e. The van der Waals surface area contributed by atoms with Crippen LogP contribution in [0.3, 0.4) is 0 Å². The Morgan fingerprint density at radius 2 is 1.38 bits per heavy atom. The van der Waals surface area contributed by atoms with Crippen molar-refractivity contribution in [1.82, 2.24) is 0 Å². The number of rotatable bonds is 2. The van der Waals surface area contributed by atoms with Crippen molar-refractivity contribution in [2.45, 2.75) is 13.8 Å². The first-order valence-corrected chi connectivity index (χ1v) is 2.93. The van der Waals surface area contributed by atoms with Gasteiger partial charge < -0.3 is 0 Å². The summed E-state index contributed by atoms with van der Waals surface area (Å²) in [6.45, 7) is 3.15. The number of ketones is 1. The Morgan fingerprint density at radius 3 is 1.38 bits per heavy atom. The molecule has 0 heterocycles. The van der Waals surface area contributed by atoms with Gasteiger partial charge in [0.1, 0.15) is 0 Å². The molecule has 0 aliphatic carbocycles. The molecule has 0 radical (unpaired) electrons. The molecule has 1 nitrogen and oxygen atoms in total. The summed E-state index contributed by atoms with van der Waals surface area (Å²) in [5.74, 6) is -0.185. The van der Waals surface area contributed by atoms with Gasteiger partial charge >= 0.3 is 0 Å². The van der Waals surface area contributed by atoms with Crippen LogP contribution in [0.5, 0.6) is 0 Å². The molecule has 0 spiro atoms. The Hall–Kier alpha value is -0.150. The predicted octanol–water partition coefficient (Wildman–Crippen LogP) is 1.34. The highest BCUT2D eigenvalue weighted by atomic mass is 32.1. The molecule has 0 saturated carbocycles. The van der Waals surface area contributed by atoms with Gasteiger partial charge in [-0.05, 0) is 13.8 Å². The minimum absolute atomic E-state index is 0.185. The first-order chi connectivity index (χ1) is 3.55. The van der Waals surface area contributed by atoms with Gasteiger partial charge in [-0.2, -0.15) is 0 Å². The molecule has 0 aliphatic heterocycles. The monoisotopic (exact) mass is 146 g/mol. The van der Waals surface area contributed by atoms with Crippen LogP contribution in [0.25, 0.3) is 0 Å². The lowest BCUT2D eigenvalue weighted by Gasteiger charge is -1.88. The molecule has 0 bridgehead atoms. The van der Waals surface area contributed by atoms with Crippen molar-refractivity contribution in [3.05, 3.63) is 0 Å². The van der Waals surface area contributed by atoms with E-state index in [1.807, 2.05) is 0 Å². The fourth-order valence-corrected chi connectivity index (χ4v) is 0.619. The van der Waals surface area contributed by atoms with Crippen molar-refractivity contribution < 1.29 is 4.79 Å². The molecule has 0 aromatic heterocycles. The van der Waals surface area contributed by atoms with Crippen molar-refractivity contribution in [1.29, 1.82) is 0 Å². The fourth-order valence-electron chi connectivity index (χ4n) is 0.248. The third kappa shape index (κ3) is 2.23. The first-order valence-electron chi connectivity index (χ1n) is 2.11. The zero-order valence-electron chi connectivity index (χ0n) is 4.72. The van der Waals surface area contributed by atoms with Crippen LogP contribution in [0.1, 0.15) is 13.8 Å². The summed E-state index contributed by atoms with van der Waals surface area (Å²) in [6.07, 6.45) is 0. The highest BCUT2D eigenvalue weighted by Gasteiger charge is 2.03. The highest BCUT2D eigenvalue weighted by molar-refractivity contribution is 7.85. The van der Waals surface area contributed by atoms with Crippen LogP contribution < -0.4 is 0 Å². The van der Waals surface area contributed by atoms with E-state index in [1.54, 1.807) is 13.8 Å². The molecule has 0 saturated heterocycles. The quantitative estimate of drug-likeness (QED) is 0.547. The molecule has 0 atom stereocenters. The average Bonchev–Trinajstić information content (AvgIpc) is 1.64. The Kier molecular flexibility index (Phi) is 2.94. The van der Waals surface area contributed by atoms with Crippen LogP contribution in [-0.4, -0.2) is 15.5 Å². The Morgan fingerprint density at radius 1 is 1.12 bits per heavy atom. The molecule has 0 rings (SSSR count). The molecular weight excluding hydrogens is 140 g/mol. The SMILES string of the molecule is CC(=S)C(=O)C(C)=S. The van der Waals surface area contributed by atoms with Crippen LogP contribution >= 0.6 is 24.4 Å². The van der Waals surface area contributed by atoms with Crippen LogP contribution in [0.15, 0.2) is 0 Å². The zero-order chi connectivity index (χ0) is 6.73. The molecule has 0 aromatic rings. The van der Waals surface area contributed by atoms with E-state index in [4.69, 9.17) is 0 Å².